The number of non-ortho nitro benzene ring substituents is 1. The first-order valence-corrected chi connectivity index (χ1v) is 11.2. The van der Waals surface area contributed by atoms with E-state index in [1.54, 1.807) is 18.2 Å². The third kappa shape index (κ3) is 5.18. The van der Waals surface area contributed by atoms with Gasteiger partial charge in [0.1, 0.15) is 5.82 Å². The van der Waals surface area contributed by atoms with E-state index >= 15 is 0 Å². The second-order valence-electron chi connectivity index (χ2n) is 6.68. The van der Waals surface area contributed by atoms with Gasteiger partial charge in [-0.15, -0.1) is 6.58 Å². The molecule has 0 fully saturated rings. The molecule has 0 spiro atoms. The molecule has 0 aliphatic rings. The molecule has 33 heavy (non-hydrogen) atoms. The van der Waals surface area contributed by atoms with Crippen molar-refractivity contribution in [2.45, 2.75) is 4.90 Å². The van der Waals surface area contributed by atoms with Gasteiger partial charge in [0.25, 0.3) is 21.6 Å². The van der Waals surface area contributed by atoms with Crippen molar-refractivity contribution in [3.8, 4) is 0 Å². The summed E-state index contributed by atoms with van der Waals surface area (Å²) < 4.78 is 41.7. The van der Waals surface area contributed by atoms with Crippen LogP contribution in [0.15, 0.2) is 84.3 Å². The minimum Gasteiger partial charge on any atom is -0.319 e. The molecule has 0 aliphatic heterocycles. The molecule has 0 unspecified atom stereocenters. The van der Waals surface area contributed by atoms with Crippen LogP contribution in [0.25, 0.3) is 0 Å². The van der Waals surface area contributed by atoms with Gasteiger partial charge in [-0.05, 0) is 36.4 Å². The number of sulfonamides is 1. The fourth-order valence-corrected chi connectivity index (χ4v) is 4.73. The Hall–Kier alpha value is -3.76. The van der Waals surface area contributed by atoms with E-state index in [9.17, 15) is 27.7 Å². The quantitative estimate of drug-likeness (QED) is 0.271. The predicted molar refractivity (Wildman–Crippen MR) is 124 cm³/mol. The Morgan fingerprint density at radius 3 is 2.55 bits per heavy atom. The van der Waals surface area contributed by atoms with Crippen molar-refractivity contribution >= 4 is 44.6 Å². The second-order valence-corrected chi connectivity index (χ2v) is 8.95. The van der Waals surface area contributed by atoms with Crippen LogP contribution in [0.2, 0.25) is 5.02 Å². The van der Waals surface area contributed by atoms with Gasteiger partial charge in [0, 0.05) is 17.7 Å². The molecule has 0 atom stereocenters. The molecular weight excluding hydrogens is 473 g/mol. The number of hydrogen-bond acceptors (Lipinski definition) is 5. The van der Waals surface area contributed by atoms with Crippen LogP contribution in [0.3, 0.4) is 0 Å². The summed E-state index contributed by atoms with van der Waals surface area (Å²) in [5.41, 5.74) is -0.693. The number of benzene rings is 3. The van der Waals surface area contributed by atoms with Crippen LogP contribution in [0.4, 0.5) is 21.5 Å². The highest BCUT2D eigenvalue weighted by atomic mass is 35.5. The Labute approximate surface area is 194 Å². The molecule has 0 aromatic heterocycles. The molecular formula is C22H17ClFN3O5S. The lowest BCUT2D eigenvalue weighted by Gasteiger charge is -2.24. The van der Waals surface area contributed by atoms with Gasteiger partial charge in [0.2, 0.25) is 0 Å². The molecule has 11 heteroatoms. The van der Waals surface area contributed by atoms with Crippen LogP contribution >= 0.6 is 11.6 Å². The van der Waals surface area contributed by atoms with Crippen molar-refractivity contribution in [3.63, 3.8) is 0 Å². The van der Waals surface area contributed by atoms with Crippen molar-refractivity contribution in [1.29, 1.82) is 0 Å². The second kappa shape index (κ2) is 9.80. The molecule has 3 aromatic rings. The van der Waals surface area contributed by atoms with E-state index in [0.717, 1.165) is 28.6 Å². The Bertz CT molecular complexity index is 1350. The van der Waals surface area contributed by atoms with Gasteiger partial charge in [-0.1, -0.05) is 35.9 Å². The molecule has 170 valence electrons. The number of nitro groups is 1. The van der Waals surface area contributed by atoms with Crippen LogP contribution in [-0.4, -0.2) is 25.8 Å². The van der Waals surface area contributed by atoms with Crippen LogP contribution in [0.5, 0.6) is 0 Å². The molecule has 0 heterocycles. The number of halogens is 2. The zero-order chi connectivity index (χ0) is 24.2. The molecule has 0 aliphatic carbocycles. The van der Waals surface area contributed by atoms with Gasteiger partial charge in [-0.3, -0.25) is 19.2 Å². The number of nitrogens with zero attached hydrogens (tertiary/aromatic N) is 2. The first-order chi connectivity index (χ1) is 15.6. The monoisotopic (exact) mass is 489 g/mol. The summed E-state index contributed by atoms with van der Waals surface area (Å²) in [6.07, 6.45) is 1.39. The summed E-state index contributed by atoms with van der Waals surface area (Å²) in [5.74, 6) is -1.73. The number of nitrogens with one attached hydrogen (secondary N) is 1. The van der Waals surface area contributed by atoms with Crippen molar-refractivity contribution in [1.82, 2.24) is 0 Å². The summed E-state index contributed by atoms with van der Waals surface area (Å²) in [5, 5.41) is 13.4. The molecule has 0 saturated heterocycles. The van der Waals surface area contributed by atoms with E-state index in [4.69, 9.17) is 11.6 Å². The smallest absolute Gasteiger partial charge is 0.271 e. The van der Waals surface area contributed by atoms with E-state index in [0.29, 0.717) is 0 Å². The number of amides is 1. The fraction of sp³-hybridized carbons (Fsp3) is 0.0455. The summed E-state index contributed by atoms with van der Waals surface area (Å²) in [7, 11) is -4.16. The zero-order valence-electron chi connectivity index (χ0n) is 16.9. The lowest BCUT2D eigenvalue weighted by Crippen LogP contribution is -2.31. The van der Waals surface area contributed by atoms with E-state index < -0.39 is 38.0 Å². The Morgan fingerprint density at radius 1 is 1.15 bits per heavy atom. The van der Waals surface area contributed by atoms with Gasteiger partial charge >= 0.3 is 0 Å². The average Bonchev–Trinajstić information content (AvgIpc) is 2.79. The summed E-state index contributed by atoms with van der Waals surface area (Å²) in [6.45, 7) is 3.50. The fourth-order valence-electron chi connectivity index (χ4n) is 2.94. The van der Waals surface area contributed by atoms with Crippen molar-refractivity contribution < 1.29 is 22.5 Å². The van der Waals surface area contributed by atoms with Crippen LogP contribution in [-0.2, 0) is 10.0 Å². The van der Waals surface area contributed by atoms with Gasteiger partial charge < -0.3 is 5.32 Å². The maximum Gasteiger partial charge on any atom is 0.271 e. The lowest BCUT2D eigenvalue weighted by molar-refractivity contribution is -0.384. The molecule has 3 aromatic carbocycles. The number of hydrogen-bond donors (Lipinski definition) is 1. The largest absolute Gasteiger partial charge is 0.319 e. The van der Waals surface area contributed by atoms with E-state index in [1.807, 2.05) is 0 Å². The standard InChI is InChI=1S/C22H17ClFN3O5S/c1-2-12-26(21-9-4-3-8-18(21)23)33(31,32)17-7-5-6-15(13-17)22(28)25-20-14-16(27(29)30)10-11-19(20)24/h2-11,13-14H,1,12H2,(H,25,28). The number of rotatable bonds is 8. The summed E-state index contributed by atoms with van der Waals surface area (Å²) in [6, 6.07) is 14.1. The molecule has 0 saturated carbocycles. The molecule has 0 radical (unpaired) electrons. The van der Waals surface area contributed by atoms with E-state index in [-0.39, 0.29) is 27.7 Å². The van der Waals surface area contributed by atoms with Gasteiger partial charge in [0.15, 0.2) is 0 Å². The number of para-hydroxylation sites is 1. The van der Waals surface area contributed by atoms with Crippen LogP contribution in [0, 0.1) is 15.9 Å². The van der Waals surface area contributed by atoms with Gasteiger partial charge in [-0.25, -0.2) is 12.8 Å². The summed E-state index contributed by atoms with van der Waals surface area (Å²) in [4.78, 5) is 22.6. The predicted octanol–water partition coefficient (Wildman–Crippen LogP) is 5.02. The lowest BCUT2D eigenvalue weighted by atomic mass is 10.2. The van der Waals surface area contributed by atoms with Crippen LogP contribution in [0.1, 0.15) is 10.4 Å². The maximum atomic E-state index is 14.0. The number of carbonyl (C=O) groups is 1. The normalized spacial score (nSPS) is 11.0. The molecule has 1 amide bonds. The minimum absolute atomic E-state index is 0.0820. The Balaban J connectivity index is 1.96. The number of nitro benzene ring substituents is 1. The van der Waals surface area contributed by atoms with Crippen molar-refractivity contribution in [2.75, 3.05) is 16.2 Å². The van der Waals surface area contributed by atoms with Crippen molar-refractivity contribution in [2.24, 2.45) is 0 Å². The SMILES string of the molecule is C=CCN(c1ccccc1Cl)S(=O)(=O)c1cccc(C(=O)Nc2cc([N+](=O)[O-])ccc2F)c1. The first kappa shape index (κ1) is 23.9. The van der Waals surface area contributed by atoms with Gasteiger partial charge in [-0.2, -0.15) is 0 Å². The summed E-state index contributed by atoms with van der Waals surface area (Å²) >= 11 is 6.18. The van der Waals surface area contributed by atoms with Gasteiger partial charge in [0.05, 0.1) is 32.8 Å². The van der Waals surface area contributed by atoms with E-state index in [2.05, 4.69) is 11.9 Å². The zero-order valence-corrected chi connectivity index (χ0v) is 18.5. The third-order valence-electron chi connectivity index (χ3n) is 4.51. The van der Waals surface area contributed by atoms with Crippen LogP contribution < -0.4 is 9.62 Å². The topological polar surface area (TPSA) is 110 Å². The Kier molecular flexibility index (Phi) is 7.10. The highest BCUT2D eigenvalue weighted by Gasteiger charge is 2.26. The molecule has 0 bridgehead atoms. The molecule has 3 rings (SSSR count). The molecule has 8 nitrogen and oxygen atoms in total. The first-order valence-electron chi connectivity index (χ1n) is 9.38. The highest BCUT2D eigenvalue weighted by molar-refractivity contribution is 7.92. The number of anilines is 2. The van der Waals surface area contributed by atoms with E-state index in [1.165, 1.54) is 30.3 Å². The van der Waals surface area contributed by atoms with Crippen molar-refractivity contribution in [3.05, 3.63) is 106 Å². The third-order valence-corrected chi connectivity index (χ3v) is 6.60. The molecule has 1 N–H and O–H groups in total. The average molecular weight is 490 g/mol. The highest BCUT2D eigenvalue weighted by Crippen LogP contribution is 2.30. The minimum atomic E-state index is -4.16. The maximum absolute atomic E-state index is 14.0. The number of carbonyl (C=O) groups excluding carboxylic acids is 1. The Morgan fingerprint density at radius 2 is 1.88 bits per heavy atom.